The van der Waals surface area contributed by atoms with Crippen molar-refractivity contribution >= 4 is 21.8 Å². The van der Waals surface area contributed by atoms with Crippen LogP contribution in [0.3, 0.4) is 0 Å². The maximum atomic E-state index is 11.7. The second-order valence-corrected chi connectivity index (χ2v) is 5.42. The zero-order valence-corrected chi connectivity index (χ0v) is 13.2. The fourth-order valence-electron chi connectivity index (χ4n) is 1.73. The van der Waals surface area contributed by atoms with E-state index in [2.05, 4.69) is 26.2 Å². The number of benzene rings is 1. The van der Waals surface area contributed by atoms with Crippen LogP contribution in [0.2, 0.25) is 0 Å². The van der Waals surface area contributed by atoms with Gasteiger partial charge in [0.15, 0.2) is 0 Å². The molecule has 1 heterocycles. The number of nitrogens with one attached hydrogen (secondary N) is 1. The van der Waals surface area contributed by atoms with Crippen LogP contribution < -0.4 is 10.1 Å². The van der Waals surface area contributed by atoms with Gasteiger partial charge < -0.3 is 10.1 Å². The average molecular weight is 349 g/mol. The highest BCUT2D eigenvalue weighted by Crippen LogP contribution is 2.16. The number of rotatable bonds is 7. The van der Waals surface area contributed by atoms with Gasteiger partial charge in [-0.25, -0.2) is 0 Å². The van der Waals surface area contributed by atoms with Gasteiger partial charge in [0.05, 0.1) is 18.8 Å². The summed E-state index contributed by atoms with van der Waals surface area (Å²) in [5.74, 6) is 0.826. The van der Waals surface area contributed by atoms with Crippen LogP contribution in [0.25, 0.3) is 0 Å². The van der Waals surface area contributed by atoms with Gasteiger partial charge in [-0.2, -0.15) is 0 Å². The Morgan fingerprint density at radius 1 is 1.19 bits per heavy atom. The third-order valence-electron chi connectivity index (χ3n) is 2.82. The highest BCUT2D eigenvalue weighted by atomic mass is 79.9. The summed E-state index contributed by atoms with van der Waals surface area (Å²) in [6.45, 7) is 0.992. The van der Waals surface area contributed by atoms with Crippen LogP contribution in [0.5, 0.6) is 5.75 Å². The van der Waals surface area contributed by atoms with E-state index in [1.807, 2.05) is 42.5 Å². The SMILES string of the molecule is O=C(CCCOc1ccc(Br)cc1)NCc1ccccn1. The molecule has 0 aliphatic heterocycles. The maximum Gasteiger partial charge on any atom is 0.220 e. The van der Waals surface area contributed by atoms with E-state index in [4.69, 9.17) is 4.74 Å². The molecule has 1 aromatic heterocycles. The van der Waals surface area contributed by atoms with Crippen LogP contribution in [0, 0.1) is 0 Å². The summed E-state index contributed by atoms with van der Waals surface area (Å²) in [5, 5.41) is 2.84. The zero-order chi connectivity index (χ0) is 14.9. The molecular formula is C16H17BrN2O2. The molecule has 0 aliphatic rings. The molecule has 110 valence electrons. The Balaban J connectivity index is 1.60. The number of hydrogen-bond donors (Lipinski definition) is 1. The number of pyridine rings is 1. The van der Waals surface area contributed by atoms with Crippen molar-refractivity contribution in [3.8, 4) is 5.75 Å². The number of ether oxygens (including phenoxy) is 1. The third kappa shape index (κ3) is 5.95. The summed E-state index contributed by atoms with van der Waals surface area (Å²) in [5.41, 5.74) is 0.858. The van der Waals surface area contributed by atoms with Crippen LogP contribution in [-0.2, 0) is 11.3 Å². The Bertz CT molecular complexity index is 558. The molecule has 0 saturated carbocycles. The summed E-state index contributed by atoms with van der Waals surface area (Å²) in [6.07, 6.45) is 2.85. The Morgan fingerprint density at radius 2 is 2.00 bits per heavy atom. The fourth-order valence-corrected chi connectivity index (χ4v) is 2.00. The van der Waals surface area contributed by atoms with Gasteiger partial charge in [0, 0.05) is 17.1 Å². The second-order valence-electron chi connectivity index (χ2n) is 4.50. The van der Waals surface area contributed by atoms with Crippen LogP contribution in [0.15, 0.2) is 53.1 Å². The van der Waals surface area contributed by atoms with Crippen molar-refractivity contribution in [3.63, 3.8) is 0 Å². The Hall–Kier alpha value is -1.88. The third-order valence-corrected chi connectivity index (χ3v) is 3.35. The van der Waals surface area contributed by atoms with Crippen molar-refractivity contribution in [1.82, 2.24) is 10.3 Å². The number of halogens is 1. The fraction of sp³-hybridized carbons (Fsp3) is 0.250. The van der Waals surface area contributed by atoms with Crippen molar-refractivity contribution in [1.29, 1.82) is 0 Å². The van der Waals surface area contributed by atoms with E-state index >= 15 is 0 Å². The minimum Gasteiger partial charge on any atom is -0.494 e. The number of carbonyl (C=O) groups is 1. The molecule has 1 aromatic carbocycles. The number of carbonyl (C=O) groups excluding carboxylic acids is 1. The molecule has 0 bridgehead atoms. The van der Waals surface area contributed by atoms with Crippen LogP contribution in [0.4, 0.5) is 0 Å². The predicted octanol–water partition coefficient (Wildman–Crippen LogP) is 3.32. The van der Waals surface area contributed by atoms with Gasteiger partial charge in [0.1, 0.15) is 5.75 Å². The highest BCUT2D eigenvalue weighted by Gasteiger charge is 2.02. The first kappa shape index (κ1) is 15.5. The van der Waals surface area contributed by atoms with Gasteiger partial charge in [-0.05, 0) is 42.8 Å². The number of amides is 1. The zero-order valence-electron chi connectivity index (χ0n) is 11.6. The largest absolute Gasteiger partial charge is 0.494 e. The van der Waals surface area contributed by atoms with E-state index in [9.17, 15) is 4.79 Å². The van der Waals surface area contributed by atoms with E-state index < -0.39 is 0 Å². The van der Waals surface area contributed by atoms with Gasteiger partial charge in [-0.1, -0.05) is 22.0 Å². The van der Waals surface area contributed by atoms with Gasteiger partial charge in [0.25, 0.3) is 0 Å². The van der Waals surface area contributed by atoms with E-state index in [1.54, 1.807) is 6.20 Å². The smallest absolute Gasteiger partial charge is 0.220 e. The molecule has 0 fully saturated rings. The normalized spacial score (nSPS) is 10.1. The first-order valence-corrected chi connectivity index (χ1v) is 7.58. The van der Waals surface area contributed by atoms with Crippen LogP contribution in [-0.4, -0.2) is 17.5 Å². The first-order valence-electron chi connectivity index (χ1n) is 6.79. The first-order chi connectivity index (χ1) is 10.2. The van der Waals surface area contributed by atoms with E-state index in [1.165, 1.54) is 0 Å². The molecule has 1 N–H and O–H groups in total. The molecule has 0 saturated heterocycles. The average Bonchev–Trinajstić information content (AvgIpc) is 2.52. The predicted molar refractivity (Wildman–Crippen MR) is 85.0 cm³/mol. The van der Waals surface area contributed by atoms with E-state index in [0.29, 0.717) is 26.0 Å². The standard InChI is InChI=1S/C16H17BrN2O2/c17-13-6-8-15(9-7-13)21-11-3-5-16(20)19-12-14-4-1-2-10-18-14/h1-2,4,6-10H,3,5,11-12H2,(H,19,20). The highest BCUT2D eigenvalue weighted by molar-refractivity contribution is 9.10. The molecule has 5 heteroatoms. The Morgan fingerprint density at radius 3 is 2.71 bits per heavy atom. The molecule has 4 nitrogen and oxygen atoms in total. The molecule has 2 aromatic rings. The topological polar surface area (TPSA) is 51.2 Å². The molecule has 21 heavy (non-hydrogen) atoms. The van der Waals surface area contributed by atoms with Crippen molar-refractivity contribution in [2.24, 2.45) is 0 Å². The minimum atomic E-state index is 0.0139. The maximum absolute atomic E-state index is 11.7. The lowest BCUT2D eigenvalue weighted by Gasteiger charge is -2.07. The second kappa shape index (κ2) is 8.42. The van der Waals surface area contributed by atoms with Crippen molar-refractivity contribution < 1.29 is 9.53 Å². The minimum absolute atomic E-state index is 0.0139. The molecule has 0 radical (unpaired) electrons. The lowest BCUT2D eigenvalue weighted by Crippen LogP contribution is -2.23. The number of nitrogens with zero attached hydrogens (tertiary/aromatic N) is 1. The van der Waals surface area contributed by atoms with Crippen LogP contribution >= 0.6 is 15.9 Å². The molecule has 2 rings (SSSR count). The summed E-state index contributed by atoms with van der Waals surface area (Å²) in [7, 11) is 0. The molecular weight excluding hydrogens is 332 g/mol. The number of aromatic nitrogens is 1. The van der Waals surface area contributed by atoms with Gasteiger partial charge in [-0.3, -0.25) is 9.78 Å². The van der Waals surface area contributed by atoms with E-state index in [-0.39, 0.29) is 5.91 Å². The quantitative estimate of drug-likeness (QED) is 0.781. The number of hydrogen-bond acceptors (Lipinski definition) is 3. The van der Waals surface area contributed by atoms with Gasteiger partial charge in [0.2, 0.25) is 5.91 Å². The molecule has 0 spiro atoms. The van der Waals surface area contributed by atoms with E-state index in [0.717, 1.165) is 15.9 Å². The Kier molecular flexibility index (Phi) is 6.22. The monoisotopic (exact) mass is 348 g/mol. The van der Waals surface area contributed by atoms with Gasteiger partial charge >= 0.3 is 0 Å². The summed E-state index contributed by atoms with van der Waals surface area (Å²) >= 11 is 3.37. The van der Waals surface area contributed by atoms with Crippen LogP contribution in [0.1, 0.15) is 18.5 Å². The molecule has 0 atom stereocenters. The van der Waals surface area contributed by atoms with Crippen molar-refractivity contribution in [3.05, 3.63) is 58.8 Å². The van der Waals surface area contributed by atoms with Crippen molar-refractivity contribution in [2.75, 3.05) is 6.61 Å². The Labute approximate surface area is 132 Å². The summed E-state index contributed by atoms with van der Waals surface area (Å²) in [4.78, 5) is 15.8. The van der Waals surface area contributed by atoms with Gasteiger partial charge in [-0.15, -0.1) is 0 Å². The summed E-state index contributed by atoms with van der Waals surface area (Å²) < 4.78 is 6.58. The summed E-state index contributed by atoms with van der Waals surface area (Å²) in [6, 6.07) is 13.3. The lowest BCUT2D eigenvalue weighted by atomic mass is 10.3. The lowest BCUT2D eigenvalue weighted by molar-refractivity contribution is -0.121. The molecule has 1 amide bonds. The molecule has 0 aliphatic carbocycles. The van der Waals surface area contributed by atoms with Crippen molar-refractivity contribution in [2.45, 2.75) is 19.4 Å². The molecule has 0 unspecified atom stereocenters.